The van der Waals surface area contributed by atoms with Crippen LogP contribution in [0.1, 0.15) is 31.8 Å². The van der Waals surface area contributed by atoms with Gasteiger partial charge in [-0.15, -0.1) is 0 Å². The molecule has 4 rings (SSSR count). The van der Waals surface area contributed by atoms with E-state index in [1.54, 1.807) is 18.2 Å². The third-order valence-electron chi connectivity index (χ3n) is 4.30. The summed E-state index contributed by atoms with van der Waals surface area (Å²) in [6, 6.07) is 14.1. The van der Waals surface area contributed by atoms with Crippen molar-refractivity contribution in [3.8, 4) is 23.0 Å². The number of phenols is 4. The van der Waals surface area contributed by atoms with E-state index in [4.69, 9.17) is 10.2 Å². The molecule has 0 aromatic heterocycles. The number of hydrogen-bond donors (Lipinski definition) is 4. The minimum atomic E-state index is -0.606. The van der Waals surface area contributed by atoms with E-state index in [1.807, 2.05) is 12.1 Å². The lowest BCUT2D eigenvalue weighted by atomic mass is 9.96. The first-order chi connectivity index (χ1) is 14.3. The molecule has 0 atom stereocenters. The summed E-state index contributed by atoms with van der Waals surface area (Å²) in [6.07, 6.45) is 2.98. The first kappa shape index (κ1) is 20.3. The molecule has 0 radical (unpaired) electrons. The fourth-order valence-electron chi connectivity index (χ4n) is 2.79. The van der Waals surface area contributed by atoms with Crippen LogP contribution in [0.25, 0.3) is 6.08 Å². The predicted molar refractivity (Wildman–Crippen MR) is 108 cm³/mol. The Morgan fingerprint density at radius 3 is 1.73 bits per heavy atom. The van der Waals surface area contributed by atoms with E-state index in [-0.39, 0.29) is 34.1 Å². The van der Waals surface area contributed by atoms with Crippen LogP contribution in [-0.2, 0) is 4.79 Å². The number of aromatic hydroxyl groups is 4. The molecule has 7 heteroatoms. The first-order valence-electron chi connectivity index (χ1n) is 8.72. The summed E-state index contributed by atoms with van der Waals surface area (Å²) in [5.74, 6) is -2.55. The summed E-state index contributed by atoms with van der Waals surface area (Å²) < 4.78 is 0. The number of hydrogen-bond acceptors (Lipinski definition) is 7. The highest BCUT2D eigenvalue weighted by atomic mass is 16.3. The minimum absolute atomic E-state index is 0.0474. The van der Waals surface area contributed by atoms with Crippen molar-refractivity contribution in [2.24, 2.45) is 0 Å². The van der Waals surface area contributed by atoms with Crippen molar-refractivity contribution in [1.29, 1.82) is 0 Å². The van der Waals surface area contributed by atoms with Crippen molar-refractivity contribution in [1.82, 2.24) is 0 Å². The second-order valence-electron chi connectivity index (χ2n) is 6.35. The molecule has 0 amide bonds. The third-order valence-corrected chi connectivity index (χ3v) is 4.30. The molecule has 1 aliphatic rings. The van der Waals surface area contributed by atoms with E-state index in [2.05, 4.69) is 0 Å². The lowest BCUT2D eigenvalue weighted by molar-refractivity contribution is -0.110. The van der Waals surface area contributed by atoms with Gasteiger partial charge >= 0.3 is 0 Å². The Kier molecular flexibility index (Phi) is 5.64. The van der Waals surface area contributed by atoms with Crippen LogP contribution in [-0.4, -0.2) is 37.8 Å². The molecule has 30 heavy (non-hydrogen) atoms. The molecule has 0 aliphatic heterocycles. The molecular weight excluding hydrogens is 388 g/mol. The highest BCUT2D eigenvalue weighted by molar-refractivity contribution is 6.49. The highest BCUT2D eigenvalue weighted by Crippen LogP contribution is 2.29. The molecule has 0 spiro atoms. The van der Waals surface area contributed by atoms with E-state index in [9.17, 15) is 24.6 Å². The van der Waals surface area contributed by atoms with Crippen LogP contribution in [0.15, 0.2) is 66.7 Å². The Hall–Kier alpha value is -4.39. The van der Waals surface area contributed by atoms with Crippen molar-refractivity contribution < 1.29 is 34.8 Å². The standard InChI is InChI=1S/C13H10O5.C10H6O2/c14-7-1-3-9(11(16)5-7)13(18)10-4-2-8(15)6-12(10)17;11-9-6-5-7-3-1-2-4-8(7)10(9)12/h1-6,14-17H;1-6H. The zero-order valence-electron chi connectivity index (χ0n) is 15.4. The Labute approximate surface area is 170 Å². The molecule has 0 saturated heterocycles. The van der Waals surface area contributed by atoms with Crippen molar-refractivity contribution >= 4 is 23.4 Å². The van der Waals surface area contributed by atoms with Gasteiger partial charge in [0.25, 0.3) is 0 Å². The van der Waals surface area contributed by atoms with Gasteiger partial charge in [-0.05, 0) is 35.9 Å². The number of ketones is 3. The molecule has 4 N–H and O–H groups in total. The number of rotatable bonds is 2. The summed E-state index contributed by atoms with van der Waals surface area (Å²) in [6.45, 7) is 0. The van der Waals surface area contributed by atoms with Gasteiger partial charge in [0.05, 0.1) is 11.1 Å². The van der Waals surface area contributed by atoms with Crippen LogP contribution >= 0.6 is 0 Å². The summed E-state index contributed by atoms with van der Waals surface area (Å²) in [4.78, 5) is 34.2. The maximum absolute atomic E-state index is 12.0. The lowest BCUT2D eigenvalue weighted by Gasteiger charge is -2.06. The average Bonchev–Trinajstić information content (AvgIpc) is 2.71. The van der Waals surface area contributed by atoms with E-state index < -0.39 is 17.3 Å². The Balaban J connectivity index is 0.000000184. The monoisotopic (exact) mass is 404 g/mol. The summed E-state index contributed by atoms with van der Waals surface area (Å²) >= 11 is 0. The molecule has 0 heterocycles. The number of allylic oxidation sites excluding steroid dienone is 1. The van der Waals surface area contributed by atoms with Crippen molar-refractivity contribution in [2.75, 3.05) is 0 Å². The average molecular weight is 404 g/mol. The van der Waals surface area contributed by atoms with Gasteiger partial charge in [0.1, 0.15) is 23.0 Å². The van der Waals surface area contributed by atoms with Gasteiger partial charge in [0.2, 0.25) is 11.6 Å². The zero-order valence-corrected chi connectivity index (χ0v) is 15.4. The topological polar surface area (TPSA) is 132 Å². The van der Waals surface area contributed by atoms with Crippen molar-refractivity contribution in [3.05, 3.63) is 89.0 Å². The SMILES string of the molecule is O=C(c1ccc(O)cc1O)c1ccc(O)cc1O.O=C1C=Cc2ccccc2C1=O. The molecule has 3 aromatic carbocycles. The molecule has 1 aliphatic carbocycles. The molecule has 0 saturated carbocycles. The Bertz CT molecular complexity index is 1140. The van der Waals surface area contributed by atoms with Crippen LogP contribution in [0.2, 0.25) is 0 Å². The van der Waals surface area contributed by atoms with Crippen LogP contribution in [0, 0.1) is 0 Å². The van der Waals surface area contributed by atoms with E-state index in [0.717, 1.165) is 17.7 Å². The lowest BCUT2D eigenvalue weighted by Crippen LogP contribution is -2.15. The van der Waals surface area contributed by atoms with Gasteiger partial charge in [-0.2, -0.15) is 0 Å². The first-order valence-corrected chi connectivity index (χ1v) is 8.72. The normalized spacial score (nSPS) is 12.0. The molecule has 0 bridgehead atoms. The number of phenolic OH excluding ortho intramolecular Hbond substituents is 4. The highest BCUT2D eigenvalue weighted by Gasteiger charge is 2.19. The molecule has 7 nitrogen and oxygen atoms in total. The summed E-state index contributed by atoms with van der Waals surface area (Å²) in [7, 11) is 0. The van der Waals surface area contributed by atoms with Gasteiger partial charge in [-0.25, -0.2) is 0 Å². The molecule has 3 aromatic rings. The van der Waals surface area contributed by atoms with Gasteiger partial charge in [0.15, 0.2) is 5.78 Å². The molecule has 0 fully saturated rings. The fourth-order valence-corrected chi connectivity index (χ4v) is 2.79. The number of carbonyl (C=O) groups is 3. The van der Waals surface area contributed by atoms with Gasteiger partial charge in [-0.1, -0.05) is 30.3 Å². The van der Waals surface area contributed by atoms with Crippen molar-refractivity contribution in [3.63, 3.8) is 0 Å². The zero-order chi connectivity index (χ0) is 21.8. The van der Waals surface area contributed by atoms with E-state index in [0.29, 0.717) is 5.56 Å². The third kappa shape index (κ3) is 4.20. The molecule has 150 valence electrons. The Morgan fingerprint density at radius 1 is 0.667 bits per heavy atom. The molecular formula is C23H16O7. The number of fused-ring (bicyclic) bond motifs is 1. The van der Waals surface area contributed by atoms with Gasteiger partial charge < -0.3 is 20.4 Å². The maximum atomic E-state index is 12.0. The van der Waals surface area contributed by atoms with Gasteiger partial charge in [-0.3, -0.25) is 14.4 Å². The maximum Gasteiger partial charge on any atom is 0.233 e. The van der Waals surface area contributed by atoms with Crippen LogP contribution in [0.3, 0.4) is 0 Å². The second-order valence-corrected chi connectivity index (χ2v) is 6.35. The Morgan fingerprint density at radius 2 is 1.20 bits per heavy atom. The second kappa shape index (κ2) is 8.32. The largest absolute Gasteiger partial charge is 0.508 e. The smallest absolute Gasteiger partial charge is 0.233 e. The van der Waals surface area contributed by atoms with Crippen LogP contribution in [0.5, 0.6) is 23.0 Å². The van der Waals surface area contributed by atoms with Crippen LogP contribution in [0.4, 0.5) is 0 Å². The summed E-state index contributed by atoms with van der Waals surface area (Å²) in [5.41, 5.74) is 1.23. The minimum Gasteiger partial charge on any atom is -0.508 e. The van der Waals surface area contributed by atoms with E-state index >= 15 is 0 Å². The van der Waals surface area contributed by atoms with Gasteiger partial charge in [0, 0.05) is 17.7 Å². The van der Waals surface area contributed by atoms with Crippen LogP contribution < -0.4 is 0 Å². The predicted octanol–water partition coefficient (Wildman–Crippen LogP) is 3.21. The van der Waals surface area contributed by atoms with Crippen molar-refractivity contribution in [2.45, 2.75) is 0 Å². The number of carbonyl (C=O) groups excluding carboxylic acids is 3. The quantitative estimate of drug-likeness (QED) is 0.381. The molecule has 0 unspecified atom stereocenters. The van der Waals surface area contributed by atoms with E-state index in [1.165, 1.54) is 30.3 Å². The fraction of sp³-hybridized carbons (Fsp3) is 0. The number of benzene rings is 3. The summed E-state index contributed by atoms with van der Waals surface area (Å²) in [5, 5.41) is 37.4. The number of Topliss-reactive ketones (excluding diaryl/α,β-unsaturated/α-hetero) is 1.